The van der Waals surface area contributed by atoms with Crippen LogP contribution in [-0.4, -0.2) is 56.7 Å². The number of likely N-dealkylation sites (tertiary alicyclic amines) is 1. The molecule has 0 unspecified atom stereocenters. The Labute approximate surface area is 152 Å². The van der Waals surface area contributed by atoms with Crippen molar-refractivity contribution in [1.29, 1.82) is 0 Å². The zero-order valence-corrected chi connectivity index (χ0v) is 15.3. The molecule has 0 spiro atoms. The van der Waals surface area contributed by atoms with Crippen LogP contribution >= 0.6 is 0 Å². The molecule has 0 bridgehead atoms. The molecule has 1 amide bonds. The van der Waals surface area contributed by atoms with E-state index in [1.165, 1.54) is 0 Å². The number of nitrogens with zero attached hydrogens (tertiary/aromatic N) is 5. The van der Waals surface area contributed by atoms with Crippen LogP contribution < -0.4 is 0 Å². The normalized spacial score (nSPS) is 20.2. The molecule has 3 aromatic rings. The summed E-state index contributed by atoms with van der Waals surface area (Å²) >= 11 is 0. The van der Waals surface area contributed by atoms with Crippen molar-refractivity contribution in [2.75, 3.05) is 20.2 Å². The molecule has 0 saturated carbocycles. The predicted octanol–water partition coefficient (Wildman–Crippen LogP) is 2.04. The fraction of sp³-hybridized carbons (Fsp3) is 0.421. The van der Waals surface area contributed by atoms with Crippen LogP contribution in [-0.2, 0) is 18.3 Å². The van der Waals surface area contributed by atoms with E-state index in [0.717, 1.165) is 28.7 Å². The van der Waals surface area contributed by atoms with Crippen LogP contribution in [0, 0.1) is 0 Å². The average Bonchev–Trinajstić information content (AvgIpc) is 3.37. The van der Waals surface area contributed by atoms with Gasteiger partial charge in [-0.1, -0.05) is 23.4 Å². The summed E-state index contributed by atoms with van der Waals surface area (Å²) in [4.78, 5) is 15.1. The first kappa shape index (κ1) is 16.8. The molecule has 1 aliphatic heterocycles. The Morgan fingerprint density at radius 1 is 1.27 bits per heavy atom. The van der Waals surface area contributed by atoms with Gasteiger partial charge in [-0.2, -0.15) is 0 Å². The van der Waals surface area contributed by atoms with Crippen molar-refractivity contribution in [3.63, 3.8) is 0 Å². The molecule has 26 heavy (non-hydrogen) atoms. The van der Waals surface area contributed by atoms with E-state index in [4.69, 9.17) is 4.74 Å². The molecule has 2 aromatic heterocycles. The lowest BCUT2D eigenvalue weighted by Crippen LogP contribution is -2.29. The fourth-order valence-electron chi connectivity index (χ4n) is 3.85. The Bertz CT molecular complexity index is 944. The number of aromatic nitrogens is 4. The number of ether oxygens (including phenoxy) is 1. The highest BCUT2D eigenvalue weighted by Gasteiger charge is 2.38. The SMILES string of the molecule is CCn1cc(C(=O)N2C[C@@H](OC)[C@H](c3cn(C)nn3)C2)c2ccccc21. The van der Waals surface area contributed by atoms with E-state index in [1.807, 2.05) is 42.5 Å². The molecule has 1 saturated heterocycles. The molecule has 0 aliphatic carbocycles. The quantitative estimate of drug-likeness (QED) is 0.720. The molecule has 136 valence electrons. The third-order valence-electron chi connectivity index (χ3n) is 5.22. The van der Waals surface area contributed by atoms with Crippen LogP contribution in [0.5, 0.6) is 0 Å². The molecule has 3 heterocycles. The maximum Gasteiger partial charge on any atom is 0.256 e. The van der Waals surface area contributed by atoms with E-state index in [-0.39, 0.29) is 17.9 Å². The Morgan fingerprint density at radius 3 is 2.77 bits per heavy atom. The number of carbonyl (C=O) groups excluding carboxylic acids is 1. The lowest BCUT2D eigenvalue weighted by atomic mass is 10.0. The molecule has 7 nitrogen and oxygen atoms in total. The second-order valence-electron chi connectivity index (χ2n) is 6.75. The van der Waals surface area contributed by atoms with Crippen molar-refractivity contribution in [2.45, 2.75) is 25.5 Å². The number of methoxy groups -OCH3 is 1. The highest BCUT2D eigenvalue weighted by Crippen LogP contribution is 2.31. The monoisotopic (exact) mass is 353 g/mol. The van der Waals surface area contributed by atoms with E-state index in [1.54, 1.807) is 11.8 Å². The molecule has 0 N–H and O–H groups in total. The van der Waals surface area contributed by atoms with Gasteiger partial charge in [0, 0.05) is 57.1 Å². The van der Waals surface area contributed by atoms with E-state index in [9.17, 15) is 4.79 Å². The summed E-state index contributed by atoms with van der Waals surface area (Å²) in [5.74, 6) is 0.0824. The first-order valence-electron chi connectivity index (χ1n) is 8.88. The van der Waals surface area contributed by atoms with Gasteiger partial charge in [0.15, 0.2) is 0 Å². The molecule has 1 fully saturated rings. The van der Waals surface area contributed by atoms with Crippen molar-refractivity contribution in [3.05, 3.63) is 47.9 Å². The van der Waals surface area contributed by atoms with Crippen LogP contribution in [0.2, 0.25) is 0 Å². The third-order valence-corrected chi connectivity index (χ3v) is 5.22. The fourth-order valence-corrected chi connectivity index (χ4v) is 3.85. The molecule has 1 aliphatic rings. The average molecular weight is 353 g/mol. The van der Waals surface area contributed by atoms with Crippen LogP contribution in [0.15, 0.2) is 36.7 Å². The number of rotatable bonds is 4. The Hall–Kier alpha value is -2.67. The molecule has 7 heteroatoms. The number of para-hydroxylation sites is 1. The van der Waals surface area contributed by atoms with Gasteiger partial charge in [0.1, 0.15) is 0 Å². The number of hydrogen-bond acceptors (Lipinski definition) is 4. The van der Waals surface area contributed by atoms with Crippen LogP contribution in [0.3, 0.4) is 0 Å². The summed E-state index contributed by atoms with van der Waals surface area (Å²) in [7, 11) is 3.53. The Morgan fingerprint density at radius 2 is 2.08 bits per heavy atom. The summed E-state index contributed by atoms with van der Waals surface area (Å²) in [5.41, 5.74) is 2.70. The van der Waals surface area contributed by atoms with Crippen molar-refractivity contribution in [2.24, 2.45) is 7.05 Å². The van der Waals surface area contributed by atoms with Crippen molar-refractivity contribution in [3.8, 4) is 0 Å². The predicted molar refractivity (Wildman–Crippen MR) is 98.1 cm³/mol. The molecule has 0 radical (unpaired) electrons. The van der Waals surface area contributed by atoms with Gasteiger partial charge in [0.25, 0.3) is 5.91 Å². The van der Waals surface area contributed by atoms with E-state index >= 15 is 0 Å². The number of benzene rings is 1. The first-order valence-corrected chi connectivity index (χ1v) is 8.88. The lowest BCUT2D eigenvalue weighted by Gasteiger charge is -2.15. The first-order chi connectivity index (χ1) is 12.6. The largest absolute Gasteiger partial charge is 0.379 e. The van der Waals surface area contributed by atoms with Crippen molar-refractivity contribution in [1.82, 2.24) is 24.5 Å². The smallest absolute Gasteiger partial charge is 0.256 e. The van der Waals surface area contributed by atoms with Gasteiger partial charge >= 0.3 is 0 Å². The molecular weight excluding hydrogens is 330 g/mol. The summed E-state index contributed by atoms with van der Waals surface area (Å²) in [6, 6.07) is 8.05. The van der Waals surface area contributed by atoms with Gasteiger partial charge in [-0.25, -0.2) is 0 Å². The maximum absolute atomic E-state index is 13.2. The molecule has 1 aromatic carbocycles. The number of fused-ring (bicyclic) bond motifs is 1. The van der Waals surface area contributed by atoms with Crippen molar-refractivity contribution < 1.29 is 9.53 Å². The van der Waals surface area contributed by atoms with Gasteiger partial charge in [0.2, 0.25) is 0 Å². The summed E-state index contributed by atoms with van der Waals surface area (Å²) in [6.07, 6.45) is 3.79. The summed E-state index contributed by atoms with van der Waals surface area (Å²) < 4.78 is 9.44. The Kier molecular flexibility index (Phi) is 4.24. The Balaban J connectivity index is 1.65. The molecular formula is C19H23N5O2. The van der Waals surface area contributed by atoms with E-state index < -0.39 is 0 Å². The summed E-state index contributed by atoms with van der Waals surface area (Å²) in [6.45, 7) is 4.06. The minimum Gasteiger partial charge on any atom is -0.379 e. The second-order valence-corrected chi connectivity index (χ2v) is 6.75. The summed E-state index contributed by atoms with van der Waals surface area (Å²) in [5, 5.41) is 9.23. The van der Waals surface area contributed by atoms with Crippen LogP contribution in [0.25, 0.3) is 10.9 Å². The van der Waals surface area contributed by atoms with Gasteiger partial charge in [-0.3, -0.25) is 9.48 Å². The second kappa shape index (κ2) is 6.57. The van der Waals surface area contributed by atoms with Gasteiger partial charge in [0.05, 0.1) is 23.3 Å². The van der Waals surface area contributed by atoms with Crippen LogP contribution in [0.1, 0.15) is 28.9 Å². The molecule has 4 rings (SSSR count). The number of amides is 1. The van der Waals surface area contributed by atoms with Gasteiger partial charge < -0.3 is 14.2 Å². The van der Waals surface area contributed by atoms with Gasteiger partial charge in [-0.15, -0.1) is 5.10 Å². The zero-order valence-electron chi connectivity index (χ0n) is 15.3. The van der Waals surface area contributed by atoms with Crippen molar-refractivity contribution >= 4 is 16.8 Å². The van der Waals surface area contributed by atoms with Gasteiger partial charge in [-0.05, 0) is 13.0 Å². The number of aryl methyl sites for hydroxylation is 2. The highest BCUT2D eigenvalue weighted by molar-refractivity contribution is 6.07. The maximum atomic E-state index is 13.2. The zero-order chi connectivity index (χ0) is 18.3. The lowest BCUT2D eigenvalue weighted by molar-refractivity contribution is 0.0715. The minimum atomic E-state index is -0.0739. The number of hydrogen-bond donors (Lipinski definition) is 0. The topological polar surface area (TPSA) is 65.2 Å². The molecule has 2 atom stereocenters. The third kappa shape index (κ3) is 2.68. The van der Waals surface area contributed by atoms with Crippen LogP contribution in [0.4, 0.5) is 0 Å². The van der Waals surface area contributed by atoms with E-state index in [0.29, 0.717) is 13.1 Å². The standard InChI is InChI=1S/C19H23N5O2/c1-4-23-9-14(13-7-5-6-8-17(13)23)19(25)24-10-15(18(12-24)26-3)16-11-22(2)21-20-16/h5-9,11,15,18H,4,10,12H2,1-3H3/t15-,18+/m0/s1. The minimum absolute atomic E-state index is 0.0391. The number of carbonyl (C=O) groups is 1. The highest BCUT2D eigenvalue weighted by atomic mass is 16.5. The van der Waals surface area contributed by atoms with E-state index in [2.05, 4.69) is 27.9 Å².